The Balaban J connectivity index is 1.22. The number of H-pyrrole nitrogens is 1. The number of para-hydroxylation sites is 2. The largest absolute Gasteiger partial charge is 0.361 e. The molecule has 1 aliphatic carbocycles. The van der Waals surface area contributed by atoms with Crippen molar-refractivity contribution in [1.82, 2.24) is 14.9 Å². The summed E-state index contributed by atoms with van der Waals surface area (Å²) < 4.78 is 1.23. The fourth-order valence-electron chi connectivity index (χ4n) is 5.46. The van der Waals surface area contributed by atoms with Crippen LogP contribution >= 0.6 is 11.3 Å². The maximum atomic E-state index is 13.6. The van der Waals surface area contributed by atoms with Crippen LogP contribution in [0.4, 0.5) is 0 Å². The number of aromatic amines is 1. The lowest BCUT2D eigenvalue weighted by molar-refractivity contribution is -0.136. The number of hydrogen-bond donors (Lipinski definition) is 1. The lowest BCUT2D eigenvalue weighted by Gasteiger charge is -2.35. The lowest BCUT2D eigenvalue weighted by Crippen LogP contribution is -2.41. The molecule has 3 heterocycles. The van der Waals surface area contributed by atoms with Gasteiger partial charge in [-0.05, 0) is 43.0 Å². The highest BCUT2D eigenvalue weighted by Gasteiger charge is 2.36. The summed E-state index contributed by atoms with van der Waals surface area (Å²) >= 11 is 1.77. The molecule has 4 aromatic rings. The van der Waals surface area contributed by atoms with E-state index in [0.717, 1.165) is 42.8 Å². The lowest BCUT2D eigenvalue weighted by atomic mass is 9.78. The molecule has 0 radical (unpaired) electrons. The Labute approximate surface area is 192 Å². The van der Waals surface area contributed by atoms with Crippen molar-refractivity contribution < 1.29 is 4.79 Å². The molecule has 0 saturated heterocycles. The van der Waals surface area contributed by atoms with Gasteiger partial charge in [-0.25, -0.2) is 4.98 Å². The monoisotopic (exact) mass is 441 g/mol. The SMILES string of the molecule is O=C([C@H]1CCCC[C@H]1c1nc2ccccc2s1)N1CC=C(c2c[nH]c3ccccc23)CC1. The molecule has 2 aliphatic rings. The third-order valence-electron chi connectivity index (χ3n) is 7.17. The normalized spacial score (nSPS) is 21.8. The maximum absolute atomic E-state index is 13.6. The second kappa shape index (κ2) is 8.21. The van der Waals surface area contributed by atoms with E-state index in [1.165, 1.54) is 33.2 Å². The van der Waals surface area contributed by atoms with Crippen LogP contribution in [0.1, 0.15) is 48.6 Å². The van der Waals surface area contributed by atoms with Crippen LogP contribution in [0.5, 0.6) is 0 Å². The topological polar surface area (TPSA) is 49.0 Å². The Kier molecular flexibility index (Phi) is 5.07. The van der Waals surface area contributed by atoms with Gasteiger partial charge in [0, 0.05) is 47.6 Å². The first-order valence-corrected chi connectivity index (χ1v) is 12.5. The van der Waals surface area contributed by atoms with E-state index in [1.54, 1.807) is 11.3 Å². The summed E-state index contributed by atoms with van der Waals surface area (Å²) in [4.78, 5) is 24.0. The molecule has 5 heteroatoms. The fraction of sp³-hybridized carbons (Fsp3) is 0.333. The molecule has 2 atom stereocenters. The summed E-state index contributed by atoms with van der Waals surface area (Å²) in [5, 5.41) is 2.41. The van der Waals surface area contributed by atoms with E-state index < -0.39 is 0 Å². The molecule has 0 unspecified atom stereocenters. The second-order valence-corrected chi connectivity index (χ2v) is 10.1. The molecule has 0 spiro atoms. The number of fused-ring (bicyclic) bond motifs is 2. The third kappa shape index (κ3) is 3.45. The first kappa shape index (κ1) is 19.7. The van der Waals surface area contributed by atoms with E-state index in [0.29, 0.717) is 12.5 Å². The van der Waals surface area contributed by atoms with Gasteiger partial charge < -0.3 is 9.88 Å². The number of carbonyl (C=O) groups is 1. The minimum absolute atomic E-state index is 0.0624. The maximum Gasteiger partial charge on any atom is 0.226 e. The molecule has 1 aliphatic heterocycles. The summed E-state index contributed by atoms with van der Waals surface area (Å²) in [6.45, 7) is 1.50. The van der Waals surface area contributed by atoms with Crippen molar-refractivity contribution in [2.45, 2.75) is 38.0 Å². The predicted molar refractivity (Wildman–Crippen MR) is 132 cm³/mol. The summed E-state index contributed by atoms with van der Waals surface area (Å²) in [6, 6.07) is 16.8. The number of hydrogen-bond acceptors (Lipinski definition) is 3. The number of nitrogens with zero attached hydrogens (tertiary/aromatic N) is 2. The highest BCUT2D eigenvalue weighted by Crippen LogP contribution is 2.42. The van der Waals surface area contributed by atoms with Gasteiger partial charge in [-0.1, -0.05) is 49.2 Å². The van der Waals surface area contributed by atoms with Gasteiger partial charge in [0.25, 0.3) is 0 Å². The molecule has 0 bridgehead atoms. The first-order valence-electron chi connectivity index (χ1n) is 11.7. The molecular formula is C27H27N3OS. The van der Waals surface area contributed by atoms with Crippen LogP contribution in [-0.4, -0.2) is 33.9 Å². The van der Waals surface area contributed by atoms with E-state index in [2.05, 4.69) is 64.6 Å². The zero-order chi connectivity index (χ0) is 21.5. The Morgan fingerprint density at radius 2 is 1.91 bits per heavy atom. The second-order valence-electron chi connectivity index (χ2n) is 9.03. The predicted octanol–water partition coefficient (Wildman–Crippen LogP) is 6.37. The molecule has 2 aromatic carbocycles. The minimum atomic E-state index is 0.0624. The van der Waals surface area contributed by atoms with Gasteiger partial charge in [0.15, 0.2) is 0 Å². The number of nitrogens with one attached hydrogen (secondary N) is 1. The third-order valence-corrected chi connectivity index (χ3v) is 8.34. The highest BCUT2D eigenvalue weighted by molar-refractivity contribution is 7.18. The van der Waals surface area contributed by atoms with E-state index in [-0.39, 0.29) is 11.8 Å². The molecule has 1 N–H and O–H groups in total. The van der Waals surface area contributed by atoms with Gasteiger partial charge in [0.1, 0.15) is 0 Å². The van der Waals surface area contributed by atoms with Crippen molar-refractivity contribution >= 4 is 43.9 Å². The average molecular weight is 442 g/mol. The number of amides is 1. The number of rotatable bonds is 3. The van der Waals surface area contributed by atoms with Crippen molar-refractivity contribution in [2.75, 3.05) is 13.1 Å². The van der Waals surface area contributed by atoms with Crippen LogP contribution in [0.15, 0.2) is 60.8 Å². The Morgan fingerprint density at radius 3 is 2.78 bits per heavy atom. The molecule has 2 aromatic heterocycles. The Bertz CT molecular complexity index is 1280. The summed E-state index contributed by atoms with van der Waals surface area (Å²) in [5.41, 5.74) is 4.85. The summed E-state index contributed by atoms with van der Waals surface area (Å²) in [5.74, 6) is 0.642. The Morgan fingerprint density at radius 1 is 1.06 bits per heavy atom. The Hall–Kier alpha value is -2.92. The van der Waals surface area contributed by atoms with Crippen LogP contribution < -0.4 is 0 Å². The van der Waals surface area contributed by atoms with Crippen LogP contribution in [0.25, 0.3) is 26.7 Å². The highest BCUT2D eigenvalue weighted by atomic mass is 32.1. The van der Waals surface area contributed by atoms with Gasteiger partial charge in [-0.2, -0.15) is 0 Å². The average Bonchev–Trinajstić information content (AvgIpc) is 3.48. The number of benzene rings is 2. The van der Waals surface area contributed by atoms with Gasteiger partial charge in [0.05, 0.1) is 15.2 Å². The van der Waals surface area contributed by atoms with Crippen LogP contribution in [0.2, 0.25) is 0 Å². The van der Waals surface area contributed by atoms with Crippen LogP contribution in [0, 0.1) is 5.92 Å². The molecule has 6 rings (SSSR count). The molecule has 32 heavy (non-hydrogen) atoms. The molecule has 1 fully saturated rings. The van der Waals surface area contributed by atoms with E-state index in [1.807, 2.05) is 6.07 Å². The van der Waals surface area contributed by atoms with Crippen molar-refractivity contribution in [3.8, 4) is 0 Å². The quantitative estimate of drug-likeness (QED) is 0.402. The molecule has 1 amide bonds. The first-order chi connectivity index (χ1) is 15.8. The molecule has 162 valence electrons. The molecule has 1 saturated carbocycles. The van der Waals surface area contributed by atoms with Crippen molar-refractivity contribution in [3.63, 3.8) is 0 Å². The number of carbonyl (C=O) groups excluding carboxylic acids is 1. The van der Waals surface area contributed by atoms with Crippen LogP contribution in [-0.2, 0) is 4.79 Å². The van der Waals surface area contributed by atoms with E-state index in [4.69, 9.17) is 4.98 Å². The van der Waals surface area contributed by atoms with Gasteiger partial charge in [0.2, 0.25) is 5.91 Å². The zero-order valence-electron chi connectivity index (χ0n) is 18.1. The fourth-order valence-corrected chi connectivity index (χ4v) is 6.62. The van der Waals surface area contributed by atoms with Gasteiger partial charge >= 0.3 is 0 Å². The van der Waals surface area contributed by atoms with E-state index >= 15 is 0 Å². The van der Waals surface area contributed by atoms with Crippen molar-refractivity contribution in [2.24, 2.45) is 5.92 Å². The number of thiazole rings is 1. The zero-order valence-corrected chi connectivity index (χ0v) is 18.9. The summed E-state index contributed by atoms with van der Waals surface area (Å²) in [7, 11) is 0. The van der Waals surface area contributed by atoms with Gasteiger partial charge in [-0.3, -0.25) is 4.79 Å². The van der Waals surface area contributed by atoms with E-state index in [9.17, 15) is 4.79 Å². The standard InChI is InChI=1S/C27H27N3OS/c31-27(21-9-2-1-8-20(21)26-29-24-11-5-6-12-25(24)32-26)30-15-13-18(14-16-30)22-17-28-23-10-4-3-7-19(22)23/h3-7,10-13,17,20-21,28H,1-2,8-9,14-16H2/t20-,21+/m1/s1. The van der Waals surface area contributed by atoms with Crippen molar-refractivity contribution in [1.29, 1.82) is 0 Å². The minimum Gasteiger partial charge on any atom is -0.361 e. The molecule has 4 nitrogen and oxygen atoms in total. The molecular weight excluding hydrogens is 414 g/mol. The van der Waals surface area contributed by atoms with Crippen LogP contribution in [0.3, 0.4) is 0 Å². The smallest absolute Gasteiger partial charge is 0.226 e. The summed E-state index contributed by atoms with van der Waals surface area (Å²) in [6.07, 6.45) is 9.66. The van der Waals surface area contributed by atoms with Gasteiger partial charge in [-0.15, -0.1) is 11.3 Å². The number of aromatic nitrogens is 2. The van der Waals surface area contributed by atoms with Crippen molar-refractivity contribution in [3.05, 3.63) is 71.4 Å².